The van der Waals surface area contributed by atoms with Crippen LogP contribution in [-0.4, -0.2) is 9.55 Å². The maximum atomic E-state index is 12.6. The molecular weight excluding hydrogens is 300 g/mol. The van der Waals surface area contributed by atoms with Gasteiger partial charge in [-0.25, -0.2) is 4.98 Å². The lowest BCUT2D eigenvalue weighted by Crippen LogP contribution is -2.21. The minimum Gasteiger partial charge on any atom is -0.283 e. The highest BCUT2D eigenvalue weighted by Gasteiger charge is 2.28. The van der Waals surface area contributed by atoms with E-state index in [0.29, 0.717) is 6.04 Å². The number of fused-ring (bicyclic) bond motifs is 1. The lowest BCUT2D eigenvalue weighted by molar-refractivity contribution is 0.619. The van der Waals surface area contributed by atoms with Crippen molar-refractivity contribution in [3.63, 3.8) is 0 Å². The Hall–Kier alpha value is -1.59. The predicted molar refractivity (Wildman–Crippen MR) is 88.2 cm³/mol. The first-order chi connectivity index (χ1) is 10.3. The van der Waals surface area contributed by atoms with Gasteiger partial charge in [-0.1, -0.05) is 42.1 Å². The SMILES string of the molecule is O=c1c2sccc2nc(SCc2ccccc2)n1C1CC1. The van der Waals surface area contributed by atoms with Gasteiger partial charge >= 0.3 is 0 Å². The molecule has 2 aromatic heterocycles. The van der Waals surface area contributed by atoms with Crippen molar-refractivity contribution in [3.8, 4) is 0 Å². The summed E-state index contributed by atoms with van der Waals surface area (Å²) < 4.78 is 2.69. The van der Waals surface area contributed by atoms with Gasteiger partial charge in [0.15, 0.2) is 5.16 Å². The minimum atomic E-state index is 0.132. The smallest absolute Gasteiger partial charge is 0.272 e. The van der Waals surface area contributed by atoms with Crippen molar-refractivity contribution in [2.45, 2.75) is 29.8 Å². The fourth-order valence-corrected chi connectivity index (χ4v) is 4.17. The largest absolute Gasteiger partial charge is 0.283 e. The summed E-state index contributed by atoms with van der Waals surface area (Å²) in [4.78, 5) is 17.3. The molecule has 3 aromatic rings. The Morgan fingerprint density at radius 3 is 2.81 bits per heavy atom. The van der Waals surface area contributed by atoms with Crippen molar-refractivity contribution in [3.05, 3.63) is 57.7 Å². The summed E-state index contributed by atoms with van der Waals surface area (Å²) in [6.07, 6.45) is 2.19. The van der Waals surface area contributed by atoms with Crippen LogP contribution in [0.3, 0.4) is 0 Å². The Labute approximate surface area is 130 Å². The minimum absolute atomic E-state index is 0.132. The predicted octanol–water partition coefficient (Wildman–Crippen LogP) is 4.09. The fourth-order valence-electron chi connectivity index (χ4n) is 2.38. The second kappa shape index (κ2) is 5.31. The van der Waals surface area contributed by atoms with Crippen molar-refractivity contribution < 1.29 is 0 Å². The zero-order chi connectivity index (χ0) is 14.2. The molecule has 0 amide bonds. The van der Waals surface area contributed by atoms with Gasteiger partial charge in [0, 0.05) is 11.8 Å². The van der Waals surface area contributed by atoms with Crippen LogP contribution in [0.1, 0.15) is 24.4 Å². The molecule has 0 atom stereocenters. The molecule has 1 saturated carbocycles. The molecule has 0 radical (unpaired) electrons. The zero-order valence-corrected chi connectivity index (χ0v) is 13.0. The third-order valence-corrected chi connectivity index (χ3v) is 5.52. The van der Waals surface area contributed by atoms with Gasteiger partial charge in [0.05, 0.1) is 5.52 Å². The molecule has 106 valence electrons. The lowest BCUT2D eigenvalue weighted by atomic mass is 10.2. The van der Waals surface area contributed by atoms with Crippen LogP contribution in [0.4, 0.5) is 0 Å². The monoisotopic (exact) mass is 314 g/mol. The van der Waals surface area contributed by atoms with Crippen molar-refractivity contribution in [2.24, 2.45) is 0 Å². The Morgan fingerprint density at radius 1 is 1.24 bits per heavy atom. The number of aromatic nitrogens is 2. The quantitative estimate of drug-likeness (QED) is 0.537. The molecule has 5 heteroatoms. The molecule has 2 heterocycles. The number of hydrogen-bond donors (Lipinski definition) is 0. The maximum Gasteiger partial charge on any atom is 0.272 e. The molecule has 1 aromatic carbocycles. The highest BCUT2D eigenvalue weighted by atomic mass is 32.2. The highest BCUT2D eigenvalue weighted by Crippen LogP contribution is 2.37. The number of thioether (sulfide) groups is 1. The first-order valence-corrected chi connectivity index (χ1v) is 8.86. The third kappa shape index (κ3) is 2.51. The van der Waals surface area contributed by atoms with Crippen molar-refractivity contribution >= 4 is 33.3 Å². The summed E-state index contributed by atoms with van der Waals surface area (Å²) in [6.45, 7) is 0. The molecule has 0 spiro atoms. The van der Waals surface area contributed by atoms with Crippen LogP contribution in [0.15, 0.2) is 51.7 Å². The second-order valence-corrected chi connectivity index (χ2v) is 7.07. The molecule has 1 fully saturated rings. The second-order valence-electron chi connectivity index (χ2n) is 5.21. The van der Waals surface area contributed by atoms with Crippen LogP contribution in [-0.2, 0) is 5.75 Å². The molecule has 0 bridgehead atoms. The molecule has 0 unspecified atom stereocenters. The van der Waals surface area contributed by atoms with Gasteiger partial charge in [0.2, 0.25) is 0 Å². The van der Waals surface area contributed by atoms with Gasteiger partial charge in [-0.05, 0) is 29.9 Å². The topological polar surface area (TPSA) is 34.9 Å². The Balaban J connectivity index is 1.73. The molecule has 0 saturated heterocycles. The average molecular weight is 314 g/mol. The van der Waals surface area contributed by atoms with Crippen LogP contribution < -0.4 is 5.56 Å². The Morgan fingerprint density at radius 2 is 2.05 bits per heavy atom. The molecule has 1 aliphatic rings. The molecule has 0 aliphatic heterocycles. The molecule has 1 aliphatic carbocycles. The first kappa shape index (κ1) is 13.1. The van der Waals surface area contributed by atoms with Gasteiger partial charge in [0.25, 0.3) is 5.56 Å². The number of rotatable bonds is 4. The van der Waals surface area contributed by atoms with E-state index >= 15 is 0 Å². The summed E-state index contributed by atoms with van der Waals surface area (Å²) in [5.74, 6) is 0.843. The summed E-state index contributed by atoms with van der Waals surface area (Å²) in [7, 11) is 0. The molecule has 0 N–H and O–H groups in total. The van der Waals surface area contributed by atoms with Crippen LogP contribution in [0.5, 0.6) is 0 Å². The van der Waals surface area contributed by atoms with Crippen LogP contribution in [0, 0.1) is 0 Å². The Bertz CT molecular complexity index is 834. The van der Waals surface area contributed by atoms with E-state index in [1.807, 2.05) is 34.2 Å². The summed E-state index contributed by atoms with van der Waals surface area (Å²) in [5.41, 5.74) is 2.22. The third-order valence-electron chi connectivity index (χ3n) is 3.60. The van der Waals surface area contributed by atoms with Crippen LogP contribution >= 0.6 is 23.1 Å². The van der Waals surface area contributed by atoms with E-state index < -0.39 is 0 Å². The summed E-state index contributed by atoms with van der Waals surface area (Å²) >= 11 is 3.15. The molecular formula is C16H14N2OS2. The van der Waals surface area contributed by atoms with E-state index in [0.717, 1.165) is 34.0 Å². The van der Waals surface area contributed by atoms with Gasteiger partial charge in [0.1, 0.15) is 4.70 Å². The van der Waals surface area contributed by atoms with Gasteiger partial charge in [-0.2, -0.15) is 0 Å². The van der Waals surface area contributed by atoms with Crippen molar-refractivity contribution in [1.29, 1.82) is 0 Å². The zero-order valence-electron chi connectivity index (χ0n) is 11.4. The van der Waals surface area contributed by atoms with E-state index in [2.05, 4.69) is 12.1 Å². The standard InChI is InChI=1S/C16H14N2OS2/c19-15-14-13(8-9-20-14)17-16(18(15)12-6-7-12)21-10-11-4-2-1-3-5-11/h1-5,8-9,12H,6-7,10H2. The maximum absolute atomic E-state index is 12.6. The molecule has 21 heavy (non-hydrogen) atoms. The number of hydrogen-bond acceptors (Lipinski definition) is 4. The van der Waals surface area contributed by atoms with Crippen molar-refractivity contribution in [2.75, 3.05) is 0 Å². The van der Waals surface area contributed by atoms with Gasteiger partial charge in [-0.15, -0.1) is 11.3 Å². The van der Waals surface area contributed by atoms with E-state index in [9.17, 15) is 4.79 Å². The number of benzene rings is 1. The van der Waals surface area contributed by atoms with Crippen molar-refractivity contribution in [1.82, 2.24) is 9.55 Å². The van der Waals surface area contributed by atoms with Crippen LogP contribution in [0.2, 0.25) is 0 Å². The number of thiophene rings is 1. The van der Waals surface area contributed by atoms with Gasteiger partial charge in [-0.3, -0.25) is 9.36 Å². The van der Waals surface area contributed by atoms with Crippen LogP contribution in [0.25, 0.3) is 10.2 Å². The summed E-state index contributed by atoms with van der Waals surface area (Å²) in [6, 6.07) is 12.6. The average Bonchev–Trinajstić information content (AvgIpc) is 3.23. The highest BCUT2D eigenvalue weighted by molar-refractivity contribution is 7.98. The van der Waals surface area contributed by atoms with E-state index in [1.165, 1.54) is 16.9 Å². The molecule has 4 rings (SSSR count). The fraction of sp³-hybridized carbons (Fsp3) is 0.250. The van der Waals surface area contributed by atoms with E-state index in [-0.39, 0.29) is 5.56 Å². The molecule has 3 nitrogen and oxygen atoms in total. The lowest BCUT2D eigenvalue weighted by Gasteiger charge is -2.10. The number of nitrogens with zero attached hydrogens (tertiary/aromatic N) is 2. The van der Waals surface area contributed by atoms with E-state index in [1.54, 1.807) is 11.8 Å². The normalized spacial score (nSPS) is 14.7. The van der Waals surface area contributed by atoms with Gasteiger partial charge < -0.3 is 0 Å². The van der Waals surface area contributed by atoms with E-state index in [4.69, 9.17) is 4.98 Å². The summed E-state index contributed by atoms with van der Waals surface area (Å²) in [5, 5.41) is 2.80. The first-order valence-electron chi connectivity index (χ1n) is 6.99. The Kier molecular flexibility index (Phi) is 3.31.